The van der Waals surface area contributed by atoms with Gasteiger partial charge in [-0.25, -0.2) is 0 Å². The van der Waals surface area contributed by atoms with Crippen molar-refractivity contribution in [3.05, 3.63) is 12.2 Å². The van der Waals surface area contributed by atoms with E-state index >= 15 is 0 Å². The Balaban J connectivity index is 1.54. The number of ether oxygens (including phenoxy) is 2. The molecule has 0 aromatic carbocycles. The van der Waals surface area contributed by atoms with Crippen molar-refractivity contribution in [1.29, 1.82) is 0 Å². The molecular formula is C28H46O4. The lowest BCUT2D eigenvalue weighted by Gasteiger charge is -2.38. The summed E-state index contributed by atoms with van der Waals surface area (Å²) in [5.74, 6) is 2.50. The molecule has 0 amide bonds. The Hall–Kier alpha value is -1.32. The fourth-order valence-corrected chi connectivity index (χ4v) is 6.19. The number of esters is 2. The van der Waals surface area contributed by atoms with Crippen LogP contribution >= 0.6 is 0 Å². The van der Waals surface area contributed by atoms with Gasteiger partial charge in [-0.15, -0.1) is 0 Å². The first-order valence-corrected chi connectivity index (χ1v) is 13.2. The third kappa shape index (κ3) is 6.38. The predicted molar refractivity (Wildman–Crippen MR) is 128 cm³/mol. The molecule has 0 aromatic rings. The molecule has 3 aliphatic rings. The van der Waals surface area contributed by atoms with E-state index in [9.17, 15) is 9.59 Å². The van der Waals surface area contributed by atoms with E-state index in [1.807, 2.05) is 12.2 Å². The van der Waals surface area contributed by atoms with Gasteiger partial charge in [0.1, 0.15) is 12.2 Å². The zero-order valence-corrected chi connectivity index (χ0v) is 21.2. The van der Waals surface area contributed by atoms with Gasteiger partial charge in [0.15, 0.2) is 0 Å². The monoisotopic (exact) mass is 446 g/mol. The van der Waals surface area contributed by atoms with E-state index in [4.69, 9.17) is 9.47 Å². The summed E-state index contributed by atoms with van der Waals surface area (Å²) in [6.45, 7) is 13.4. The SMILES string of the molecule is CC(C)[C@H]1CC[C@@H](C)C[C@H]1OC(=O)[C@@H]1C=C[C@H](C(=O)O[C@@H]2C[C@@H](C)CC[C@H]2C(C)C)CC1. The molecule has 0 saturated heterocycles. The Kier molecular flexibility index (Phi) is 8.86. The van der Waals surface area contributed by atoms with Gasteiger partial charge in [0.25, 0.3) is 0 Å². The zero-order valence-electron chi connectivity index (χ0n) is 21.2. The van der Waals surface area contributed by atoms with Crippen molar-refractivity contribution in [3.63, 3.8) is 0 Å². The first kappa shape index (κ1) is 25.3. The molecule has 0 bridgehead atoms. The third-order valence-electron chi connectivity index (χ3n) is 8.43. The van der Waals surface area contributed by atoms with Crippen molar-refractivity contribution in [2.24, 2.45) is 47.3 Å². The van der Waals surface area contributed by atoms with Gasteiger partial charge in [-0.05, 0) is 74.0 Å². The molecule has 0 unspecified atom stereocenters. The second-order valence-corrected chi connectivity index (χ2v) is 11.8. The van der Waals surface area contributed by atoms with E-state index in [0.717, 1.165) is 25.7 Å². The molecule has 0 spiro atoms. The molecule has 3 aliphatic carbocycles. The molecule has 0 N–H and O–H groups in total. The summed E-state index contributed by atoms with van der Waals surface area (Å²) in [5, 5.41) is 0. The van der Waals surface area contributed by atoms with Crippen molar-refractivity contribution < 1.29 is 19.1 Å². The summed E-state index contributed by atoms with van der Waals surface area (Å²) < 4.78 is 12.1. The topological polar surface area (TPSA) is 52.6 Å². The van der Waals surface area contributed by atoms with Crippen LogP contribution in [0.25, 0.3) is 0 Å². The standard InChI is InChI=1S/C28H46O4/c1-17(2)23-13-7-19(5)15-25(23)31-27(29)21-9-11-22(12-10-21)28(30)32-26-16-20(6)8-14-24(26)18(3)4/h9,11,17-26H,7-8,10,12-16H2,1-6H3/t19-,20+,21-,22+,23-,24+,25-,26-/m1/s1. The van der Waals surface area contributed by atoms with Gasteiger partial charge in [0.05, 0.1) is 11.8 Å². The van der Waals surface area contributed by atoms with E-state index in [-0.39, 0.29) is 36.0 Å². The molecule has 4 nitrogen and oxygen atoms in total. The van der Waals surface area contributed by atoms with Crippen LogP contribution in [0.3, 0.4) is 0 Å². The van der Waals surface area contributed by atoms with Crippen molar-refractivity contribution in [2.45, 2.75) is 105 Å². The van der Waals surface area contributed by atoms with Crippen molar-refractivity contribution in [1.82, 2.24) is 0 Å². The molecule has 0 heterocycles. The molecule has 0 aromatic heterocycles. The van der Waals surface area contributed by atoms with Crippen molar-refractivity contribution in [3.8, 4) is 0 Å². The zero-order chi connectivity index (χ0) is 23.4. The predicted octanol–water partition coefficient (Wildman–Crippen LogP) is 6.58. The van der Waals surface area contributed by atoms with Crippen LogP contribution in [0.5, 0.6) is 0 Å². The lowest BCUT2D eigenvalue weighted by Crippen LogP contribution is -2.38. The number of hydrogen-bond donors (Lipinski definition) is 0. The van der Waals surface area contributed by atoms with E-state index in [1.54, 1.807) is 0 Å². The molecule has 182 valence electrons. The molecule has 8 atom stereocenters. The maximum absolute atomic E-state index is 12.9. The largest absolute Gasteiger partial charge is 0.462 e. The first-order chi connectivity index (χ1) is 15.2. The number of carbonyl (C=O) groups is 2. The summed E-state index contributed by atoms with van der Waals surface area (Å²) >= 11 is 0. The molecule has 4 heteroatoms. The highest BCUT2D eigenvalue weighted by Gasteiger charge is 2.37. The van der Waals surface area contributed by atoms with Gasteiger partial charge in [-0.3, -0.25) is 9.59 Å². The van der Waals surface area contributed by atoms with Gasteiger partial charge < -0.3 is 9.47 Å². The van der Waals surface area contributed by atoms with Crippen LogP contribution in [-0.2, 0) is 19.1 Å². The Bertz CT molecular complexity index is 610. The molecule has 2 saturated carbocycles. The minimum Gasteiger partial charge on any atom is -0.462 e. The quantitative estimate of drug-likeness (QED) is 0.342. The highest BCUT2D eigenvalue weighted by atomic mass is 16.5. The fraction of sp³-hybridized carbons (Fsp3) is 0.857. The smallest absolute Gasteiger partial charge is 0.313 e. The molecule has 2 fully saturated rings. The van der Waals surface area contributed by atoms with Crippen LogP contribution in [-0.4, -0.2) is 24.1 Å². The van der Waals surface area contributed by atoms with Crippen molar-refractivity contribution in [2.75, 3.05) is 0 Å². The molecule has 32 heavy (non-hydrogen) atoms. The molecule has 3 rings (SSSR count). The lowest BCUT2D eigenvalue weighted by molar-refractivity contribution is -0.163. The maximum atomic E-state index is 12.9. The minimum absolute atomic E-state index is 0.0311. The number of rotatable bonds is 6. The highest BCUT2D eigenvalue weighted by molar-refractivity contribution is 5.78. The normalized spacial score (nSPS) is 38.0. The summed E-state index contributed by atoms with van der Waals surface area (Å²) in [7, 11) is 0. The van der Waals surface area contributed by atoms with Crippen LogP contribution in [0.1, 0.15) is 92.9 Å². The van der Waals surface area contributed by atoms with E-state index in [2.05, 4.69) is 41.5 Å². The van der Waals surface area contributed by atoms with Crippen LogP contribution in [0.15, 0.2) is 12.2 Å². The second kappa shape index (κ2) is 11.2. The summed E-state index contributed by atoms with van der Waals surface area (Å²) in [6, 6.07) is 0. The van der Waals surface area contributed by atoms with E-state index in [1.165, 1.54) is 12.8 Å². The van der Waals surface area contributed by atoms with Crippen LogP contribution in [0.4, 0.5) is 0 Å². The summed E-state index contributed by atoms with van der Waals surface area (Å²) in [4.78, 5) is 25.8. The van der Waals surface area contributed by atoms with Gasteiger partial charge >= 0.3 is 11.9 Å². The Morgan fingerprint density at radius 1 is 0.656 bits per heavy atom. The van der Waals surface area contributed by atoms with E-state index in [0.29, 0.717) is 48.3 Å². The second-order valence-electron chi connectivity index (χ2n) is 11.8. The summed E-state index contributed by atoms with van der Waals surface area (Å²) in [6.07, 6.45) is 11.9. The van der Waals surface area contributed by atoms with Gasteiger partial charge in [0, 0.05) is 0 Å². The van der Waals surface area contributed by atoms with Crippen LogP contribution in [0, 0.1) is 47.3 Å². The Morgan fingerprint density at radius 3 is 1.34 bits per heavy atom. The summed E-state index contributed by atoms with van der Waals surface area (Å²) in [5.41, 5.74) is 0. The number of hydrogen-bond acceptors (Lipinski definition) is 4. The first-order valence-electron chi connectivity index (χ1n) is 13.2. The van der Waals surface area contributed by atoms with Crippen LogP contribution < -0.4 is 0 Å². The van der Waals surface area contributed by atoms with Gasteiger partial charge in [-0.2, -0.15) is 0 Å². The number of carbonyl (C=O) groups excluding carboxylic acids is 2. The minimum atomic E-state index is -0.234. The fourth-order valence-electron chi connectivity index (χ4n) is 6.19. The van der Waals surface area contributed by atoms with Crippen LogP contribution in [0.2, 0.25) is 0 Å². The average molecular weight is 447 g/mol. The van der Waals surface area contributed by atoms with E-state index < -0.39 is 0 Å². The highest BCUT2D eigenvalue weighted by Crippen LogP contribution is 2.38. The van der Waals surface area contributed by atoms with Gasteiger partial charge in [-0.1, -0.05) is 66.5 Å². The Labute approximate surface area is 195 Å². The molecule has 0 aliphatic heterocycles. The van der Waals surface area contributed by atoms with Crippen molar-refractivity contribution >= 4 is 11.9 Å². The lowest BCUT2D eigenvalue weighted by atomic mass is 9.75. The molecule has 0 radical (unpaired) electrons. The average Bonchev–Trinajstić information content (AvgIpc) is 2.73. The third-order valence-corrected chi connectivity index (χ3v) is 8.43. The van der Waals surface area contributed by atoms with Gasteiger partial charge in [0.2, 0.25) is 0 Å². The maximum Gasteiger partial charge on any atom is 0.313 e. The Morgan fingerprint density at radius 2 is 1.03 bits per heavy atom. The molecular weight excluding hydrogens is 400 g/mol.